The molecule has 3 N–H and O–H groups in total. The van der Waals surface area contributed by atoms with Gasteiger partial charge in [0.05, 0.1) is 5.56 Å². The molecule has 8 heteroatoms. The number of aromatic amines is 1. The molecule has 2 aromatic rings. The molecular weight excluding hydrogens is 301 g/mol. The van der Waals surface area contributed by atoms with Crippen molar-refractivity contribution in [2.45, 2.75) is 42.5 Å². The summed E-state index contributed by atoms with van der Waals surface area (Å²) in [7, 11) is 0. The van der Waals surface area contributed by atoms with E-state index in [1.54, 1.807) is 19.9 Å². The van der Waals surface area contributed by atoms with E-state index in [0.717, 1.165) is 17.8 Å². The summed E-state index contributed by atoms with van der Waals surface area (Å²) in [6.45, 7) is 3.44. The molecule has 0 bridgehead atoms. The van der Waals surface area contributed by atoms with Crippen LogP contribution in [0.3, 0.4) is 0 Å². The van der Waals surface area contributed by atoms with Gasteiger partial charge in [0.15, 0.2) is 0 Å². The lowest BCUT2D eigenvalue weighted by atomic mass is 10.0. The molecule has 1 atom stereocenters. The summed E-state index contributed by atoms with van der Waals surface area (Å²) in [4.78, 5) is 4.09. The summed E-state index contributed by atoms with van der Waals surface area (Å²) in [5, 5.41) is 6.71. The third kappa shape index (κ3) is 4.21. The molecule has 0 aliphatic rings. The van der Waals surface area contributed by atoms with Crippen LogP contribution >= 0.6 is 11.8 Å². The molecule has 0 saturated heterocycles. The zero-order valence-electron chi connectivity index (χ0n) is 11.5. The van der Waals surface area contributed by atoms with Crippen molar-refractivity contribution in [1.82, 2.24) is 15.2 Å². The number of H-pyrrole nitrogens is 1. The van der Waals surface area contributed by atoms with Crippen molar-refractivity contribution in [3.63, 3.8) is 0 Å². The Bertz CT molecular complexity index is 622. The number of hydrogen-bond donors (Lipinski definition) is 2. The van der Waals surface area contributed by atoms with Crippen LogP contribution in [-0.2, 0) is 12.6 Å². The molecule has 0 saturated carbocycles. The molecule has 0 aliphatic heterocycles. The zero-order chi connectivity index (χ0) is 15.6. The normalized spacial score (nSPS) is 13.4. The fourth-order valence-corrected chi connectivity index (χ4v) is 2.74. The topological polar surface area (TPSA) is 67.6 Å². The SMILES string of the molecule is Cc1nc(Sc2ccc(CC(C)N)cc2C(F)(F)F)n[nH]1. The van der Waals surface area contributed by atoms with Crippen LogP contribution in [0.2, 0.25) is 0 Å². The number of alkyl halides is 3. The largest absolute Gasteiger partial charge is 0.417 e. The van der Waals surface area contributed by atoms with Gasteiger partial charge in [0.1, 0.15) is 5.82 Å². The van der Waals surface area contributed by atoms with Crippen molar-refractivity contribution in [2.24, 2.45) is 5.73 Å². The summed E-state index contributed by atoms with van der Waals surface area (Å²) in [5.41, 5.74) is 5.51. The van der Waals surface area contributed by atoms with E-state index in [1.165, 1.54) is 6.07 Å². The molecule has 0 amide bonds. The molecule has 114 valence electrons. The van der Waals surface area contributed by atoms with Gasteiger partial charge in [0.2, 0.25) is 5.16 Å². The van der Waals surface area contributed by atoms with Gasteiger partial charge in [-0.2, -0.15) is 13.2 Å². The molecule has 1 heterocycles. The van der Waals surface area contributed by atoms with Crippen molar-refractivity contribution in [3.8, 4) is 0 Å². The number of aromatic nitrogens is 3. The number of rotatable bonds is 4. The smallest absolute Gasteiger partial charge is 0.328 e. The van der Waals surface area contributed by atoms with E-state index >= 15 is 0 Å². The van der Waals surface area contributed by atoms with Gasteiger partial charge in [-0.25, -0.2) is 4.98 Å². The molecule has 1 aromatic carbocycles. The third-order valence-electron chi connectivity index (χ3n) is 2.68. The van der Waals surface area contributed by atoms with Crippen LogP contribution in [0.25, 0.3) is 0 Å². The fourth-order valence-electron chi connectivity index (χ4n) is 1.85. The molecular formula is C13H15F3N4S. The highest BCUT2D eigenvalue weighted by Gasteiger charge is 2.34. The maximum atomic E-state index is 13.2. The van der Waals surface area contributed by atoms with Crippen LogP contribution in [-0.4, -0.2) is 21.2 Å². The van der Waals surface area contributed by atoms with Gasteiger partial charge in [-0.05, 0) is 49.7 Å². The van der Waals surface area contributed by atoms with Gasteiger partial charge < -0.3 is 5.73 Å². The van der Waals surface area contributed by atoms with Crippen molar-refractivity contribution >= 4 is 11.8 Å². The minimum Gasteiger partial charge on any atom is -0.328 e. The number of hydrogen-bond acceptors (Lipinski definition) is 4. The molecule has 21 heavy (non-hydrogen) atoms. The molecule has 2 rings (SSSR count). The highest BCUT2D eigenvalue weighted by atomic mass is 32.2. The molecule has 0 spiro atoms. The Labute approximate surface area is 124 Å². The Morgan fingerprint density at radius 1 is 1.38 bits per heavy atom. The first-order chi connectivity index (χ1) is 9.75. The Balaban J connectivity index is 2.35. The van der Waals surface area contributed by atoms with E-state index in [1.807, 2.05) is 0 Å². The number of aryl methyl sites for hydroxylation is 1. The van der Waals surface area contributed by atoms with Crippen LogP contribution in [0.15, 0.2) is 28.3 Å². The van der Waals surface area contributed by atoms with Gasteiger partial charge in [-0.15, -0.1) is 5.10 Å². The number of halogens is 3. The molecule has 0 radical (unpaired) electrons. The minimum atomic E-state index is -4.43. The van der Waals surface area contributed by atoms with Gasteiger partial charge in [0.25, 0.3) is 0 Å². The second-order valence-electron chi connectivity index (χ2n) is 4.82. The zero-order valence-corrected chi connectivity index (χ0v) is 12.3. The van der Waals surface area contributed by atoms with E-state index in [-0.39, 0.29) is 16.1 Å². The highest BCUT2D eigenvalue weighted by molar-refractivity contribution is 7.99. The second kappa shape index (κ2) is 6.07. The molecule has 0 fully saturated rings. The first-order valence-electron chi connectivity index (χ1n) is 6.28. The van der Waals surface area contributed by atoms with E-state index in [4.69, 9.17) is 5.73 Å². The van der Waals surface area contributed by atoms with Crippen molar-refractivity contribution < 1.29 is 13.2 Å². The predicted molar refractivity (Wildman–Crippen MR) is 74.0 cm³/mol. The number of nitrogens with two attached hydrogens (primary N) is 1. The first-order valence-corrected chi connectivity index (χ1v) is 7.10. The summed E-state index contributed by atoms with van der Waals surface area (Å²) < 4.78 is 39.5. The van der Waals surface area contributed by atoms with Gasteiger partial charge in [-0.3, -0.25) is 5.10 Å². The summed E-state index contributed by atoms with van der Waals surface area (Å²) >= 11 is 0.885. The molecule has 1 aromatic heterocycles. The quantitative estimate of drug-likeness (QED) is 0.909. The lowest BCUT2D eigenvalue weighted by molar-refractivity contribution is -0.139. The fraction of sp³-hybridized carbons (Fsp3) is 0.385. The highest BCUT2D eigenvalue weighted by Crippen LogP contribution is 2.39. The minimum absolute atomic E-state index is 0.0786. The Morgan fingerprint density at radius 3 is 2.62 bits per heavy atom. The molecule has 4 nitrogen and oxygen atoms in total. The van der Waals surface area contributed by atoms with Crippen molar-refractivity contribution in [1.29, 1.82) is 0 Å². The average molecular weight is 316 g/mol. The predicted octanol–water partition coefficient (Wildman–Crippen LogP) is 3.17. The Kier molecular flexibility index (Phi) is 4.58. The summed E-state index contributed by atoms with van der Waals surface area (Å²) in [5.74, 6) is 0.555. The van der Waals surface area contributed by atoms with E-state index in [0.29, 0.717) is 17.8 Å². The lowest BCUT2D eigenvalue weighted by Crippen LogP contribution is -2.18. The van der Waals surface area contributed by atoms with Crippen LogP contribution in [0.1, 0.15) is 23.9 Å². The average Bonchev–Trinajstić information content (AvgIpc) is 2.75. The monoisotopic (exact) mass is 316 g/mol. The van der Waals surface area contributed by atoms with Crippen molar-refractivity contribution in [2.75, 3.05) is 0 Å². The Morgan fingerprint density at radius 2 is 2.10 bits per heavy atom. The Hall–Kier alpha value is -1.54. The number of nitrogens with zero attached hydrogens (tertiary/aromatic N) is 2. The molecule has 0 aliphatic carbocycles. The van der Waals surface area contributed by atoms with E-state index in [9.17, 15) is 13.2 Å². The van der Waals surface area contributed by atoms with Crippen LogP contribution in [0.4, 0.5) is 13.2 Å². The molecule has 1 unspecified atom stereocenters. The van der Waals surface area contributed by atoms with E-state index in [2.05, 4.69) is 15.2 Å². The number of benzene rings is 1. The van der Waals surface area contributed by atoms with Gasteiger partial charge in [-0.1, -0.05) is 6.07 Å². The van der Waals surface area contributed by atoms with Gasteiger partial charge in [0, 0.05) is 10.9 Å². The number of nitrogens with one attached hydrogen (secondary N) is 1. The summed E-state index contributed by atoms with van der Waals surface area (Å²) in [6, 6.07) is 4.04. The van der Waals surface area contributed by atoms with E-state index < -0.39 is 11.7 Å². The maximum Gasteiger partial charge on any atom is 0.417 e. The van der Waals surface area contributed by atoms with Crippen LogP contribution < -0.4 is 5.73 Å². The lowest BCUT2D eigenvalue weighted by Gasteiger charge is -2.14. The third-order valence-corrected chi connectivity index (χ3v) is 3.63. The first kappa shape index (κ1) is 15.8. The standard InChI is InChI=1S/C13H15F3N4S/c1-7(17)5-9-3-4-11(10(6-9)13(14,15)16)21-12-18-8(2)19-20-12/h3-4,6-7H,5,17H2,1-2H3,(H,18,19,20). The van der Waals surface area contributed by atoms with Crippen molar-refractivity contribution in [3.05, 3.63) is 35.2 Å². The summed E-state index contributed by atoms with van der Waals surface area (Å²) in [6.07, 6.45) is -4.03. The van der Waals surface area contributed by atoms with Crippen LogP contribution in [0.5, 0.6) is 0 Å². The van der Waals surface area contributed by atoms with Crippen LogP contribution in [0, 0.1) is 6.92 Å². The maximum absolute atomic E-state index is 13.2. The second-order valence-corrected chi connectivity index (χ2v) is 5.82. The van der Waals surface area contributed by atoms with Gasteiger partial charge >= 0.3 is 6.18 Å².